The van der Waals surface area contributed by atoms with Crippen LogP contribution in [0.1, 0.15) is 78.5 Å². The van der Waals surface area contributed by atoms with Crippen molar-refractivity contribution in [2.24, 2.45) is 0 Å². The van der Waals surface area contributed by atoms with Crippen LogP contribution in [0.4, 0.5) is 0 Å². The third-order valence-electron chi connectivity index (χ3n) is 4.40. The van der Waals surface area contributed by atoms with E-state index in [2.05, 4.69) is 0 Å². The van der Waals surface area contributed by atoms with Crippen molar-refractivity contribution in [3.63, 3.8) is 0 Å². The number of unbranched alkanes of at least 4 members (excludes halogenated alkanes) is 7. The fourth-order valence-corrected chi connectivity index (χ4v) is 3.05. The van der Waals surface area contributed by atoms with Crippen molar-refractivity contribution in [1.29, 1.82) is 0 Å². The van der Waals surface area contributed by atoms with E-state index in [1.165, 1.54) is 4.90 Å². The zero-order chi connectivity index (χ0) is 17.4. The molecule has 24 heavy (non-hydrogen) atoms. The van der Waals surface area contributed by atoms with Crippen molar-refractivity contribution >= 4 is 17.8 Å². The number of amides is 2. The molecule has 2 amide bonds. The van der Waals surface area contributed by atoms with Gasteiger partial charge in [0.2, 0.25) is 0 Å². The minimum absolute atomic E-state index is 0.172. The third kappa shape index (κ3) is 4.91. The number of carboxylic acids is 1. The summed E-state index contributed by atoms with van der Waals surface area (Å²) in [6.07, 6.45) is 8.24. The van der Waals surface area contributed by atoms with Crippen molar-refractivity contribution in [3.05, 3.63) is 35.4 Å². The Bertz CT molecular complexity index is 562. The summed E-state index contributed by atoms with van der Waals surface area (Å²) in [7, 11) is 0. The van der Waals surface area contributed by atoms with Gasteiger partial charge in [-0.05, 0) is 25.0 Å². The topological polar surface area (TPSA) is 74.7 Å². The molecule has 1 N–H and O–H groups in total. The largest absolute Gasteiger partial charge is 0.481 e. The van der Waals surface area contributed by atoms with Crippen LogP contribution in [0.15, 0.2) is 24.3 Å². The fourth-order valence-electron chi connectivity index (χ4n) is 3.05. The standard InChI is InChI=1S/C19H25NO4/c21-17(22)13-7-5-3-1-2-4-6-10-14-20-18(23)15-11-8-9-12-16(15)19(20)24/h8-9,11-12H,1-7,10,13-14H2,(H,21,22). The van der Waals surface area contributed by atoms with Crippen LogP contribution in [0.3, 0.4) is 0 Å². The van der Waals surface area contributed by atoms with Crippen molar-refractivity contribution < 1.29 is 19.5 Å². The number of imide groups is 1. The summed E-state index contributed by atoms with van der Waals surface area (Å²) in [5.41, 5.74) is 1.03. The molecule has 0 aliphatic carbocycles. The Morgan fingerprint density at radius 1 is 0.792 bits per heavy atom. The monoisotopic (exact) mass is 331 g/mol. The second-order valence-electron chi connectivity index (χ2n) is 6.28. The zero-order valence-corrected chi connectivity index (χ0v) is 14.0. The first-order chi connectivity index (χ1) is 11.6. The molecule has 2 rings (SSSR count). The van der Waals surface area contributed by atoms with Crippen LogP contribution >= 0.6 is 0 Å². The first-order valence-corrected chi connectivity index (χ1v) is 8.78. The van der Waals surface area contributed by atoms with Gasteiger partial charge in [0, 0.05) is 13.0 Å². The molecule has 5 heteroatoms. The number of aliphatic carboxylic acids is 1. The predicted molar refractivity (Wildman–Crippen MR) is 91.0 cm³/mol. The molecule has 0 bridgehead atoms. The number of fused-ring (bicyclic) bond motifs is 1. The van der Waals surface area contributed by atoms with Gasteiger partial charge in [-0.3, -0.25) is 19.3 Å². The summed E-state index contributed by atoms with van der Waals surface area (Å²) in [6, 6.07) is 6.98. The number of hydrogen-bond acceptors (Lipinski definition) is 3. The molecule has 0 unspecified atom stereocenters. The maximum atomic E-state index is 12.2. The lowest BCUT2D eigenvalue weighted by Gasteiger charge is -2.13. The van der Waals surface area contributed by atoms with Gasteiger partial charge in [-0.1, -0.05) is 50.7 Å². The van der Waals surface area contributed by atoms with Crippen LogP contribution in [-0.4, -0.2) is 34.3 Å². The van der Waals surface area contributed by atoms with Gasteiger partial charge < -0.3 is 5.11 Å². The van der Waals surface area contributed by atoms with Gasteiger partial charge in [0.1, 0.15) is 0 Å². The van der Waals surface area contributed by atoms with Crippen molar-refractivity contribution in [1.82, 2.24) is 4.90 Å². The van der Waals surface area contributed by atoms with Gasteiger partial charge in [0.05, 0.1) is 11.1 Å². The Labute approximate surface area is 142 Å². The minimum Gasteiger partial charge on any atom is -0.481 e. The number of hydrogen-bond donors (Lipinski definition) is 1. The van der Waals surface area contributed by atoms with E-state index in [9.17, 15) is 14.4 Å². The van der Waals surface area contributed by atoms with Gasteiger partial charge in [0.25, 0.3) is 11.8 Å². The van der Waals surface area contributed by atoms with Crippen LogP contribution in [-0.2, 0) is 4.79 Å². The number of rotatable bonds is 11. The molecule has 0 atom stereocenters. The zero-order valence-electron chi connectivity index (χ0n) is 14.0. The summed E-state index contributed by atoms with van der Waals surface area (Å²) >= 11 is 0. The molecule has 0 aromatic heterocycles. The van der Waals surface area contributed by atoms with Crippen LogP contribution in [0.25, 0.3) is 0 Å². The van der Waals surface area contributed by atoms with Gasteiger partial charge in [0.15, 0.2) is 0 Å². The Morgan fingerprint density at radius 3 is 1.75 bits per heavy atom. The number of carboxylic acid groups (broad SMARTS) is 1. The van der Waals surface area contributed by atoms with Gasteiger partial charge >= 0.3 is 5.97 Å². The van der Waals surface area contributed by atoms with E-state index in [-0.39, 0.29) is 18.2 Å². The number of benzene rings is 1. The number of carbonyl (C=O) groups is 3. The normalized spacial score (nSPS) is 13.4. The van der Waals surface area contributed by atoms with Crippen LogP contribution < -0.4 is 0 Å². The van der Waals surface area contributed by atoms with Gasteiger partial charge in [-0.25, -0.2) is 0 Å². The summed E-state index contributed by atoms with van der Waals surface area (Å²) in [4.78, 5) is 36.1. The van der Waals surface area contributed by atoms with E-state index in [1.54, 1.807) is 24.3 Å². The van der Waals surface area contributed by atoms with Crippen molar-refractivity contribution in [2.75, 3.05) is 6.54 Å². The Morgan fingerprint density at radius 2 is 1.25 bits per heavy atom. The van der Waals surface area contributed by atoms with E-state index in [0.29, 0.717) is 17.7 Å². The predicted octanol–water partition coefficient (Wildman–Crippen LogP) is 3.88. The van der Waals surface area contributed by atoms with Crippen molar-refractivity contribution in [2.45, 2.75) is 57.8 Å². The number of nitrogens with zero attached hydrogens (tertiary/aromatic N) is 1. The molecule has 0 radical (unpaired) electrons. The summed E-state index contributed by atoms with van der Waals surface area (Å²) in [5, 5.41) is 8.55. The maximum absolute atomic E-state index is 12.2. The second kappa shape index (κ2) is 9.21. The molecular weight excluding hydrogens is 306 g/mol. The van der Waals surface area contributed by atoms with E-state index >= 15 is 0 Å². The van der Waals surface area contributed by atoms with E-state index in [0.717, 1.165) is 51.4 Å². The summed E-state index contributed by atoms with van der Waals surface area (Å²) < 4.78 is 0. The van der Waals surface area contributed by atoms with Crippen LogP contribution in [0.2, 0.25) is 0 Å². The molecule has 1 aromatic carbocycles. The molecule has 5 nitrogen and oxygen atoms in total. The molecule has 1 heterocycles. The smallest absolute Gasteiger partial charge is 0.303 e. The first-order valence-electron chi connectivity index (χ1n) is 8.78. The van der Waals surface area contributed by atoms with E-state index in [4.69, 9.17) is 5.11 Å². The lowest BCUT2D eigenvalue weighted by Crippen LogP contribution is -2.30. The highest BCUT2D eigenvalue weighted by Gasteiger charge is 2.34. The Balaban J connectivity index is 1.55. The highest BCUT2D eigenvalue weighted by atomic mass is 16.4. The van der Waals surface area contributed by atoms with Crippen LogP contribution in [0.5, 0.6) is 0 Å². The Hall–Kier alpha value is -2.17. The fraction of sp³-hybridized carbons (Fsp3) is 0.526. The van der Waals surface area contributed by atoms with Crippen LogP contribution in [0, 0.1) is 0 Å². The van der Waals surface area contributed by atoms with Crippen molar-refractivity contribution in [3.8, 4) is 0 Å². The average Bonchev–Trinajstić information content (AvgIpc) is 2.81. The molecule has 0 saturated carbocycles. The molecule has 130 valence electrons. The highest BCUT2D eigenvalue weighted by molar-refractivity contribution is 6.21. The molecule has 0 spiro atoms. The summed E-state index contributed by atoms with van der Waals surface area (Å²) in [6.45, 7) is 0.491. The molecular formula is C19H25NO4. The van der Waals surface area contributed by atoms with E-state index in [1.807, 2.05) is 0 Å². The maximum Gasteiger partial charge on any atom is 0.303 e. The molecule has 1 aliphatic heterocycles. The molecule has 0 fully saturated rings. The van der Waals surface area contributed by atoms with Gasteiger partial charge in [-0.15, -0.1) is 0 Å². The average molecular weight is 331 g/mol. The Kier molecular flexibility index (Phi) is 6.97. The quantitative estimate of drug-likeness (QED) is 0.493. The number of carbonyl (C=O) groups excluding carboxylic acids is 2. The van der Waals surface area contributed by atoms with Gasteiger partial charge in [-0.2, -0.15) is 0 Å². The minimum atomic E-state index is -0.719. The van der Waals surface area contributed by atoms with E-state index < -0.39 is 5.97 Å². The second-order valence-corrected chi connectivity index (χ2v) is 6.28. The molecule has 1 aliphatic rings. The lowest BCUT2D eigenvalue weighted by molar-refractivity contribution is -0.137. The third-order valence-corrected chi connectivity index (χ3v) is 4.40. The first kappa shape index (κ1) is 18.2. The molecule has 0 saturated heterocycles. The lowest BCUT2D eigenvalue weighted by atomic mass is 10.1. The summed E-state index contributed by atoms with van der Waals surface area (Å²) in [5.74, 6) is -1.06. The highest BCUT2D eigenvalue weighted by Crippen LogP contribution is 2.22. The SMILES string of the molecule is O=C(O)CCCCCCCCCCN1C(=O)c2ccccc2C1=O. The molecule has 1 aromatic rings.